The van der Waals surface area contributed by atoms with Gasteiger partial charge in [-0.25, -0.2) is 9.18 Å². The number of hydrogen-bond acceptors (Lipinski definition) is 4. The van der Waals surface area contributed by atoms with Gasteiger partial charge in [0, 0.05) is 23.7 Å². The fourth-order valence-electron chi connectivity index (χ4n) is 4.08. The van der Waals surface area contributed by atoms with Crippen LogP contribution in [0.15, 0.2) is 72.8 Å². The molecule has 190 valence electrons. The fourth-order valence-corrected chi connectivity index (χ4v) is 4.28. The molecular formula is C27H25ClFN4O4+. The van der Waals surface area contributed by atoms with Crippen molar-refractivity contribution in [2.75, 3.05) is 18.4 Å². The third-order valence-electron chi connectivity index (χ3n) is 5.95. The van der Waals surface area contributed by atoms with Crippen LogP contribution in [0.5, 0.6) is 0 Å². The van der Waals surface area contributed by atoms with Crippen molar-refractivity contribution in [2.24, 2.45) is 5.92 Å². The second kappa shape index (κ2) is 11.7. The number of imide groups is 1. The maximum Gasteiger partial charge on any atom is 0.501 e. The quantitative estimate of drug-likeness (QED) is 0.490. The number of fused-ring (bicyclic) bond motifs is 1. The fraction of sp³-hybridized carbons (Fsp3) is 0.222. The van der Waals surface area contributed by atoms with Gasteiger partial charge in [-0.3, -0.25) is 9.59 Å². The zero-order valence-corrected chi connectivity index (χ0v) is 20.6. The Morgan fingerprint density at radius 1 is 1.03 bits per heavy atom. The number of benzene rings is 2. The summed E-state index contributed by atoms with van der Waals surface area (Å²) >= 11 is 6.11. The van der Waals surface area contributed by atoms with Gasteiger partial charge in [-0.15, -0.1) is 0 Å². The summed E-state index contributed by atoms with van der Waals surface area (Å²) in [6.45, 7) is -0.0362. The van der Waals surface area contributed by atoms with Gasteiger partial charge in [0.15, 0.2) is 6.54 Å². The molecule has 2 aliphatic rings. The number of hydrogen-bond donors (Lipinski definition) is 2. The molecule has 0 bridgehead atoms. The van der Waals surface area contributed by atoms with E-state index in [1.807, 2.05) is 12.1 Å². The summed E-state index contributed by atoms with van der Waals surface area (Å²) in [5.41, 5.74) is 1.57. The SMILES string of the molecule is O=C(CCCN1C(=O)C2C=CC=CC2=[N+](CC(=O)Nc2ccc(F)cc2)C1=O)NCc1ccccc1Cl. The maximum atomic E-state index is 13.3. The van der Waals surface area contributed by atoms with E-state index in [2.05, 4.69) is 10.6 Å². The monoisotopic (exact) mass is 523 g/mol. The Hall–Kier alpha value is -4.11. The molecule has 1 atom stereocenters. The lowest BCUT2D eigenvalue weighted by atomic mass is 9.94. The molecule has 0 fully saturated rings. The summed E-state index contributed by atoms with van der Waals surface area (Å²) in [4.78, 5) is 52.4. The largest absolute Gasteiger partial charge is 0.501 e. The maximum absolute atomic E-state index is 13.3. The van der Waals surface area contributed by atoms with Crippen LogP contribution < -0.4 is 10.6 Å². The van der Waals surface area contributed by atoms with Gasteiger partial charge < -0.3 is 10.6 Å². The topological polar surface area (TPSA) is 98.6 Å². The van der Waals surface area contributed by atoms with E-state index in [0.29, 0.717) is 16.4 Å². The van der Waals surface area contributed by atoms with Crippen molar-refractivity contribution in [1.82, 2.24) is 10.2 Å². The summed E-state index contributed by atoms with van der Waals surface area (Å²) in [6.07, 6.45) is 7.05. The van der Waals surface area contributed by atoms with Crippen LogP contribution in [-0.2, 0) is 20.9 Å². The van der Waals surface area contributed by atoms with Crippen molar-refractivity contribution in [3.63, 3.8) is 0 Å². The molecular weight excluding hydrogens is 499 g/mol. The van der Waals surface area contributed by atoms with E-state index in [1.165, 1.54) is 28.8 Å². The predicted molar refractivity (Wildman–Crippen MR) is 137 cm³/mol. The van der Waals surface area contributed by atoms with E-state index in [1.54, 1.807) is 36.4 Å². The number of amides is 5. The lowest BCUT2D eigenvalue weighted by Crippen LogP contribution is -2.55. The average molecular weight is 524 g/mol. The molecule has 5 amide bonds. The Balaban J connectivity index is 1.38. The van der Waals surface area contributed by atoms with Crippen LogP contribution >= 0.6 is 11.6 Å². The standard InChI is InChI=1S/C27H24ClFN4O4/c28-22-8-3-1-6-18(22)16-30-24(34)10-5-15-32-26(36)21-7-2-4-9-23(21)33(27(32)37)17-25(35)31-20-13-11-19(29)12-14-20/h1-4,6-9,11-14,21H,5,10,15-17H2,(H-,30,31,34,35)/p+1. The summed E-state index contributed by atoms with van der Waals surface area (Å²) in [7, 11) is 0. The highest BCUT2D eigenvalue weighted by molar-refractivity contribution is 6.31. The van der Waals surface area contributed by atoms with Crippen LogP contribution in [-0.4, -0.2) is 52.0 Å². The van der Waals surface area contributed by atoms with Gasteiger partial charge in [-0.2, -0.15) is 14.3 Å². The van der Waals surface area contributed by atoms with Gasteiger partial charge in [0.2, 0.25) is 5.91 Å². The molecule has 0 aromatic heterocycles. The first kappa shape index (κ1) is 26.0. The Bertz CT molecular complexity index is 1320. The summed E-state index contributed by atoms with van der Waals surface area (Å²) < 4.78 is 14.4. The zero-order valence-electron chi connectivity index (χ0n) is 19.8. The van der Waals surface area contributed by atoms with Crippen molar-refractivity contribution in [3.05, 3.63) is 89.2 Å². The number of nitrogens with one attached hydrogen (secondary N) is 2. The van der Waals surface area contributed by atoms with E-state index in [-0.39, 0.29) is 38.4 Å². The van der Waals surface area contributed by atoms with Gasteiger partial charge in [0.05, 0.1) is 6.54 Å². The average Bonchev–Trinajstić information content (AvgIpc) is 2.89. The highest BCUT2D eigenvalue weighted by Crippen LogP contribution is 2.21. The van der Waals surface area contributed by atoms with Gasteiger partial charge in [-0.05, 0) is 48.4 Å². The van der Waals surface area contributed by atoms with Crippen molar-refractivity contribution in [1.29, 1.82) is 0 Å². The molecule has 1 unspecified atom stereocenters. The van der Waals surface area contributed by atoms with Crippen LogP contribution in [0.4, 0.5) is 14.9 Å². The number of rotatable bonds is 9. The molecule has 0 spiro atoms. The van der Waals surface area contributed by atoms with Gasteiger partial charge in [-0.1, -0.05) is 48.0 Å². The summed E-state index contributed by atoms with van der Waals surface area (Å²) in [6, 6.07) is 11.8. The Morgan fingerprint density at radius 3 is 2.54 bits per heavy atom. The van der Waals surface area contributed by atoms with Gasteiger partial charge >= 0.3 is 11.9 Å². The summed E-state index contributed by atoms with van der Waals surface area (Å²) in [5.74, 6) is -2.29. The predicted octanol–water partition coefficient (Wildman–Crippen LogP) is 3.67. The second-order valence-corrected chi connectivity index (χ2v) is 8.94. The Labute approximate surface area is 218 Å². The minimum absolute atomic E-state index is 0.0224. The first-order chi connectivity index (χ1) is 17.8. The first-order valence-corrected chi connectivity index (χ1v) is 12.1. The molecule has 2 aromatic rings. The highest BCUT2D eigenvalue weighted by Gasteiger charge is 2.46. The normalized spacial score (nSPS) is 16.6. The second-order valence-electron chi connectivity index (χ2n) is 8.53. The van der Waals surface area contributed by atoms with Gasteiger partial charge in [0.1, 0.15) is 17.4 Å². The lowest BCUT2D eigenvalue weighted by molar-refractivity contribution is -0.427. The van der Waals surface area contributed by atoms with Gasteiger partial charge in [0.25, 0.3) is 5.91 Å². The van der Waals surface area contributed by atoms with Crippen molar-refractivity contribution < 1.29 is 28.1 Å². The molecule has 4 rings (SSSR count). The smallest absolute Gasteiger partial charge is 0.352 e. The molecule has 2 aromatic carbocycles. The Kier molecular flexibility index (Phi) is 8.25. The molecule has 1 aliphatic carbocycles. The number of halogens is 2. The highest BCUT2D eigenvalue weighted by atomic mass is 35.5. The first-order valence-electron chi connectivity index (χ1n) is 11.7. The van der Waals surface area contributed by atoms with Crippen LogP contribution in [0.2, 0.25) is 5.02 Å². The summed E-state index contributed by atoms with van der Waals surface area (Å²) in [5, 5.41) is 5.96. The lowest BCUT2D eigenvalue weighted by Gasteiger charge is -2.26. The minimum Gasteiger partial charge on any atom is -0.352 e. The molecule has 37 heavy (non-hydrogen) atoms. The van der Waals surface area contributed by atoms with Crippen molar-refractivity contribution >= 4 is 46.8 Å². The molecule has 2 N–H and O–H groups in total. The van der Waals surface area contributed by atoms with E-state index < -0.39 is 29.6 Å². The molecule has 8 nitrogen and oxygen atoms in total. The number of nitrogens with zero attached hydrogens (tertiary/aromatic N) is 2. The molecule has 0 saturated heterocycles. The molecule has 0 saturated carbocycles. The molecule has 1 aliphatic heterocycles. The Morgan fingerprint density at radius 2 is 1.78 bits per heavy atom. The number of allylic oxidation sites excluding steroid dienone is 3. The van der Waals surface area contributed by atoms with Crippen molar-refractivity contribution in [2.45, 2.75) is 19.4 Å². The third kappa shape index (κ3) is 6.37. The minimum atomic E-state index is -0.713. The van der Waals surface area contributed by atoms with E-state index in [4.69, 9.17) is 11.6 Å². The van der Waals surface area contributed by atoms with Crippen LogP contribution in [0.25, 0.3) is 0 Å². The molecule has 0 radical (unpaired) electrons. The van der Waals surface area contributed by atoms with Crippen molar-refractivity contribution in [3.8, 4) is 0 Å². The zero-order chi connectivity index (χ0) is 26.4. The molecule has 10 heteroatoms. The van der Waals surface area contributed by atoms with Crippen LogP contribution in [0.3, 0.4) is 0 Å². The van der Waals surface area contributed by atoms with Crippen LogP contribution in [0.1, 0.15) is 18.4 Å². The van der Waals surface area contributed by atoms with E-state index in [0.717, 1.165) is 10.5 Å². The van der Waals surface area contributed by atoms with E-state index >= 15 is 0 Å². The molecule has 1 heterocycles. The number of carbonyl (C=O) groups excluding carboxylic acids is 4. The van der Waals surface area contributed by atoms with Crippen LogP contribution in [0, 0.1) is 11.7 Å². The number of carbonyl (C=O) groups is 4. The third-order valence-corrected chi connectivity index (χ3v) is 6.32. The number of urea groups is 1. The number of anilines is 1. The van der Waals surface area contributed by atoms with E-state index in [9.17, 15) is 23.6 Å².